The van der Waals surface area contributed by atoms with E-state index in [9.17, 15) is 4.39 Å². The van der Waals surface area contributed by atoms with Crippen molar-refractivity contribution in [2.45, 2.75) is 13.2 Å². The van der Waals surface area contributed by atoms with E-state index in [0.29, 0.717) is 16.6 Å². The molecule has 0 aliphatic heterocycles. The number of hydrogen-bond donors (Lipinski definition) is 1. The average molecular weight is 314 g/mol. The predicted molar refractivity (Wildman–Crippen MR) is 80.0 cm³/mol. The van der Waals surface area contributed by atoms with E-state index in [1.165, 1.54) is 6.07 Å². The van der Waals surface area contributed by atoms with Crippen LogP contribution in [0.3, 0.4) is 0 Å². The lowest BCUT2D eigenvalue weighted by Gasteiger charge is -2.09. The fraction of sp³-hybridized carbons (Fsp3) is 0.200. The molecule has 106 valence electrons. The summed E-state index contributed by atoms with van der Waals surface area (Å²) < 4.78 is 19.3. The number of hydrogen-bond acceptors (Lipinski definition) is 2. The highest BCUT2D eigenvalue weighted by atomic mass is 35.5. The normalized spacial score (nSPS) is 10.6. The summed E-state index contributed by atoms with van der Waals surface area (Å²) in [5.74, 6) is -0.159. The number of benzene rings is 2. The molecule has 0 atom stereocenters. The molecule has 2 aromatic rings. The molecular weight excluding hydrogens is 300 g/mol. The van der Waals surface area contributed by atoms with Crippen LogP contribution in [0, 0.1) is 5.82 Å². The molecule has 0 saturated carbocycles. The van der Waals surface area contributed by atoms with E-state index in [0.717, 1.165) is 11.1 Å². The largest absolute Gasteiger partial charge is 0.486 e. The summed E-state index contributed by atoms with van der Waals surface area (Å²) in [6.45, 7) is 0.850. The van der Waals surface area contributed by atoms with E-state index < -0.39 is 0 Å². The van der Waals surface area contributed by atoms with Crippen LogP contribution in [0.4, 0.5) is 4.39 Å². The van der Waals surface area contributed by atoms with Gasteiger partial charge in [-0.1, -0.05) is 35.3 Å². The Bertz CT molecular complexity index is 604. The van der Waals surface area contributed by atoms with Crippen molar-refractivity contribution >= 4 is 23.2 Å². The summed E-state index contributed by atoms with van der Waals surface area (Å²) in [5, 5.41) is 3.91. The Labute approximate surface area is 127 Å². The molecule has 0 aromatic heterocycles. The molecule has 0 heterocycles. The first-order chi connectivity index (χ1) is 9.60. The van der Waals surface area contributed by atoms with Crippen molar-refractivity contribution in [2.75, 3.05) is 7.05 Å². The van der Waals surface area contributed by atoms with Crippen molar-refractivity contribution in [1.29, 1.82) is 0 Å². The van der Waals surface area contributed by atoms with Gasteiger partial charge in [-0.3, -0.25) is 0 Å². The maximum absolute atomic E-state index is 13.8. The summed E-state index contributed by atoms with van der Waals surface area (Å²) in [6, 6.07) is 10.1. The summed E-state index contributed by atoms with van der Waals surface area (Å²) >= 11 is 11.7. The van der Waals surface area contributed by atoms with Gasteiger partial charge in [0, 0.05) is 6.54 Å². The second-order valence-corrected chi connectivity index (χ2v) is 5.15. The van der Waals surface area contributed by atoms with Gasteiger partial charge in [0.1, 0.15) is 6.61 Å². The third-order valence-corrected chi connectivity index (χ3v) is 3.49. The Morgan fingerprint density at radius 2 is 1.80 bits per heavy atom. The lowest BCUT2D eigenvalue weighted by atomic mass is 10.2. The number of nitrogens with one attached hydrogen (secondary N) is 1. The zero-order chi connectivity index (χ0) is 14.5. The summed E-state index contributed by atoms with van der Waals surface area (Å²) in [4.78, 5) is 0. The van der Waals surface area contributed by atoms with Gasteiger partial charge in [0.05, 0.1) is 10.0 Å². The van der Waals surface area contributed by atoms with Crippen LogP contribution in [0.1, 0.15) is 11.1 Å². The third-order valence-electron chi connectivity index (χ3n) is 2.76. The maximum atomic E-state index is 13.8. The van der Waals surface area contributed by atoms with E-state index in [2.05, 4.69) is 5.32 Å². The van der Waals surface area contributed by atoms with Crippen molar-refractivity contribution in [3.63, 3.8) is 0 Å². The highest BCUT2D eigenvalue weighted by Gasteiger charge is 2.06. The van der Waals surface area contributed by atoms with Gasteiger partial charge in [0.25, 0.3) is 0 Å². The first-order valence-corrected chi connectivity index (χ1v) is 6.85. The van der Waals surface area contributed by atoms with Crippen LogP contribution in [0.2, 0.25) is 10.0 Å². The van der Waals surface area contributed by atoms with E-state index in [1.807, 2.05) is 13.1 Å². The molecule has 0 aliphatic carbocycles. The second-order valence-electron chi connectivity index (χ2n) is 4.33. The summed E-state index contributed by atoms with van der Waals surface area (Å²) in [5.41, 5.74) is 1.70. The minimum atomic E-state index is -0.377. The Balaban J connectivity index is 2.05. The molecule has 0 bridgehead atoms. The molecule has 1 N–H and O–H groups in total. The molecule has 2 aromatic carbocycles. The van der Waals surface area contributed by atoms with Crippen molar-refractivity contribution in [3.8, 4) is 5.75 Å². The highest BCUT2D eigenvalue weighted by Crippen LogP contribution is 2.24. The zero-order valence-corrected chi connectivity index (χ0v) is 12.4. The Morgan fingerprint density at radius 3 is 2.45 bits per heavy atom. The highest BCUT2D eigenvalue weighted by molar-refractivity contribution is 6.42. The fourth-order valence-electron chi connectivity index (χ4n) is 1.77. The molecule has 0 saturated heterocycles. The fourth-order valence-corrected chi connectivity index (χ4v) is 2.09. The van der Waals surface area contributed by atoms with Crippen LogP contribution in [-0.4, -0.2) is 7.05 Å². The number of rotatable bonds is 5. The van der Waals surface area contributed by atoms with Gasteiger partial charge in [-0.2, -0.15) is 0 Å². The minimum absolute atomic E-state index is 0.218. The van der Waals surface area contributed by atoms with Gasteiger partial charge < -0.3 is 10.1 Å². The van der Waals surface area contributed by atoms with Crippen LogP contribution in [0.5, 0.6) is 5.75 Å². The standard InChI is InChI=1S/C15H14Cl2FNO/c1-19-8-10-3-5-15(14(18)7-10)20-9-11-2-4-12(16)13(17)6-11/h2-7,19H,8-9H2,1H3. The first-order valence-electron chi connectivity index (χ1n) is 6.10. The van der Waals surface area contributed by atoms with Crippen LogP contribution >= 0.6 is 23.2 Å². The average Bonchev–Trinajstić information content (AvgIpc) is 2.42. The lowest BCUT2D eigenvalue weighted by molar-refractivity contribution is 0.290. The van der Waals surface area contributed by atoms with Gasteiger partial charge in [-0.25, -0.2) is 4.39 Å². The molecule has 0 fully saturated rings. The van der Waals surface area contributed by atoms with E-state index >= 15 is 0 Å². The van der Waals surface area contributed by atoms with Crippen molar-refractivity contribution in [2.24, 2.45) is 0 Å². The van der Waals surface area contributed by atoms with Crippen LogP contribution in [0.25, 0.3) is 0 Å². The third kappa shape index (κ3) is 3.85. The molecule has 0 radical (unpaired) electrons. The van der Waals surface area contributed by atoms with E-state index in [1.54, 1.807) is 24.3 Å². The Kier molecular flexibility index (Phi) is 5.24. The van der Waals surface area contributed by atoms with Crippen molar-refractivity contribution in [1.82, 2.24) is 5.32 Å². The molecule has 0 amide bonds. The molecule has 0 unspecified atom stereocenters. The molecule has 2 nitrogen and oxygen atoms in total. The lowest BCUT2D eigenvalue weighted by Crippen LogP contribution is -2.05. The minimum Gasteiger partial charge on any atom is -0.486 e. The SMILES string of the molecule is CNCc1ccc(OCc2ccc(Cl)c(Cl)c2)c(F)c1. The quantitative estimate of drug-likeness (QED) is 0.881. The van der Waals surface area contributed by atoms with Crippen LogP contribution < -0.4 is 10.1 Å². The molecular formula is C15H14Cl2FNO. The van der Waals surface area contributed by atoms with Gasteiger partial charge in [0.2, 0.25) is 0 Å². The van der Waals surface area contributed by atoms with Crippen LogP contribution in [0.15, 0.2) is 36.4 Å². The molecule has 0 aliphatic rings. The zero-order valence-electron chi connectivity index (χ0n) is 10.9. The van der Waals surface area contributed by atoms with Gasteiger partial charge in [-0.05, 0) is 42.4 Å². The molecule has 5 heteroatoms. The first kappa shape index (κ1) is 15.1. The van der Waals surface area contributed by atoms with Gasteiger partial charge in [0.15, 0.2) is 11.6 Å². The monoisotopic (exact) mass is 313 g/mol. The Morgan fingerprint density at radius 1 is 1.05 bits per heavy atom. The smallest absolute Gasteiger partial charge is 0.165 e. The van der Waals surface area contributed by atoms with E-state index in [4.69, 9.17) is 27.9 Å². The molecule has 0 spiro atoms. The predicted octanol–water partition coefficient (Wildman–Crippen LogP) is 4.43. The van der Waals surface area contributed by atoms with E-state index in [-0.39, 0.29) is 18.2 Å². The summed E-state index contributed by atoms with van der Waals surface area (Å²) in [7, 11) is 1.81. The maximum Gasteiger partial charge on any atom is 0.165 e. The van der Waals surface area contributed by atoms with Crippen molar-refractivity contribution < 1.29 is 9.13 Å². The molecule has 20 heavy (non-hydrogen) atoms. The van der Waals surface area contributed by atoms with Gasteiger partial charge in [-0.15, -0.1) is 0 Å². The van der Waals surface area contributed by atoms with Gasteiger partial charge >= 0.3 is 0 Å². The van der Waals surface area contributed by atoms with Crippen molar-refractivity contribution in [3.05, 3.63) is 63.4 Å². The topological polar surface area (TPSA) is 21.3 Å². The molecule has 2 rings (SSSR count). The second kappa shape index (κ2) is 6.93. The summed E-state index contributed by atoms with van der Waals surface area (Å²) in [6.07, 6.45) is 0. The number of ether oxygens (including phenoxy) is 1. The van der Waals surface area contributed by atoms with Crippen LogP contribution in [-0.2, 0) is 13.2 Å². The Hall–Kier alpha value is -1.29. The number of halogens is 3.